The van der Waals surface area contributed by atoms with Crippen molar-refractivity contribution in [2.45, 2.75) is 39.8 Å². The third kappa shape index (κ3) is 6.04. The summed E-state index contributed by atoms with van der Waals surface area (Å²) in [5, 5.41) is 2.82. The number of amides is 2. The Morgan fingerprint density at radius 2 is 1.84 bits per heavy atom. The lowest BCUT2D eigenvalue weighted by Gasteiger charge is -2.21. The van der Waals surface area contributed by atoms with E-state index in [0.29, 0.717) is 19.5 Å². The van der Waals surface area contributed by atoms with Crippen LogP contribution in [0.2, 0.25) is 0 Å². The quantitative estimate of drug-likeness (QED) is 0.852. The van der Waals surface area contributed by atoms with Crippen LogP contribution in [-0.2, 0) is 16.1 Å². The van der Waals surface area contributed by atoms with Crippen LogP contribution in [0.3, 0.4) is 0 Å². The molecule has 0 radical (unpaired) electrons. The van der Waals surface area contributed by atoms with Crippen molar-refractivity contribution in [1.29, 1.82) is 0 Å². The van der Waals surface area contributed by atoms with E-state index in [0.717, 1.165) is 5.56 Å². The lowest BCUT2D eigenvalue weighted by molar-refractivity contribution is -0.130. The largest absolute Gasteiger partial charge is 0.354 e. The Morgan fingerprint density at radius 1 is 1.21 bits per heavy atom. The van der Waals surface area contributed by atoms with Crippen LogP contribution in [0.4, 0.5) is 0 Å². The van der Waals surface area contributed by atoms with Gasteiger partial charge in [-0.05, 0) is 19.4 Å². The fourth-order valence-electron chi connectivity index (χ4n) is 1.78. The number of nitrogens with one attached hydrogen (secondary N) is 1. The molecule has 0 saturated heterocycles. The summed E-state index contributed by atoms with van der Waals surface area (Å²) < 4.78 is 0. The van der Waals surface area contributed by atoms with Crippen LogP contribution >= 0.6 is 0 Å². The normalized spacial score (nSPS) is 10.3. The molecule has 4 heteroatoms. The van der Waals surface area contributed by atoms with Gasteiger partial charge in [-0.1, -0.05) is 30.3 Å². The highest BCUT2D eigenvalue weighted by atomic mass is 16.2. The summed E-state index contributed by atoms with van der Waals surface area (Å²) in [6.07, 6.45) is 0.338. The summed E-state index contributed by atoms with van der Waals surface area (Å²) in [6, 6.07) is 9.91. The molecule has 0 aromatic heterocycles. The van der Waals surface area contributed by atoms with Gasteiger partial charge in [0.05, 0.1) is 0 Å². The fraction of sp³-hybridized carbons (Fsp3) is 0.467. The summed E-state index contributed by atoms with van der Waals surface area (Å²) >= 11 is 0. The standard InChI is InChI=1S/C15H22N2O2/c1-12(2)16-15(19)9-10-17(13(3)18)11-14-7-5-4-6-8-14/h4-8,12H,9-11H2,1-3H3,(H,16,19). The average molecular weight is 262 g/mol. The van der Waals surface area contributed by atoms with Crippen LogP contribution in [0.25, 0.3) is 0 Å². The molecule has 0 fully saturated rings. The van der Waals surface area contributed by atoms with E-state index in [4.69, 9.17) is 0 Å². The first-order chi connectivity index (χ1) is 8.99. The minimum Gasteiger partial charge on any atom is -0.354 e. The molecule has 0 heterocycles. The predicted octanol–water partition coefficient (Wildman–Crippen LogP) is 1.95. The second-order valence-electron chi connectivity index (χ2n) is 4.90. The average Bonchev–Trinajstić information content (AvgIpc) is 2.34. The van der Waals surface area contributed by atoms with E-state index >= 15 is 0 Å². The molecule has 0 unspecified atom stereocenters. The first-order valence-corrected chi connectivity index (χ1v) is 6.58. The number of carbonyl (C=O) groups excluding carboxylic acids is 2. The predicted molar refractivity (Wildman–Crippen MR) is 75.4 cm³/mol. The smallest absolute Gasteiger partial charge is 0.221 e. The van der Waals surface area contributed by atoms with Crippen LogP contribution in [0.1, 0.15) is 32.8 Å². The summed E-state index contributed by atoms with van der Waals surface area (Å²) in [7, 11) is 0. The SMILES string of the molecule is CC(=O)N(CCC(=O)NC(C)C)Cc1ccccc1. The van der Waals surface area contributed by atoms with Crippen molar-refractivity contribution in [3.05, 3.63) is 35.9 Å². The van der Waals surface area contributed by atoms with E-state index in [1.54, 1.807) is 4.90 Å². The molecule has 0 aliphatic heterocycles. The van der Waals surface area contributed by atoms with Crippen LogP contribution in [0.5, 0.6) is 0 Å². The van der Waals surface area contributed by atoms with Crippen LogP contribution in [0.15, 0.2) is 30.3 Å². The molecule has 4 nitrogen and oxygen atoms in total. The third-order valence-corrected chi connectivity index (χ3v) is 2.72. The lowest BCUT2D eigenvalue weighted by Crippen LogP contribution is -2.35. The number of benzene rings is 1. The second-order valence-corrected chi connectivity index (χ2v) is 4.90. The molecule has 0 bridgehead atoms. The van der Waals surface area contributed by atoms with Gasteiger partial charge >= 0.3 is 0 Å². The minimum absolute atomic E-state index is 0.0128. The van der Waals surface area contributed by atoms with E-state index in [1.165, 1.54) is 6.92 Å². The van der Waals surface area contributed by atoms with Gasteiger partial charge in [-0.3, -0.25) is 9.59 Å². The first-order valence-electron chi connectivity index (χ1n) is 6.58. The molecule has 1 N–H and O–H groups in total. The highest BCUT2D eigenvalue weighted by Gasteiger charge is 2.12. The molecule has 1 aromatic rings. The molecular weight excluding hydrogens is 240 g/mol. The number of rotatable bonds is 6. The Labute approximate surface area is 114 Å². The molecule has 0 atom stereocenters. The van der Waals surface area contributed by atoms with Crippen molar-refractivity contribution in [2.24, 2.45) is 0 Å². The van der Waals surface area contributed by atoms with Gasteiger partial charge < -0.3 is 10.2 Å². The molecule has 1 rings (SSSR count). The monoisotopic (exact) mass is 262 g/mol. The molecular formula is C15H22N2O2. The van der Waals surface area contributed by atoms with Gasteiger partial charge in [-0.2, -0.15) is 0 Å². The zero-order chi connectivity index (χ0) is 14.3. The molecule has 19 heavy (non-hydrogen) atoms. The Balaban J connectivity index is 2.50. The van der Waals surface area contributed by atoms with Crippen molar-refractivity contribution < 1.29 is 9.59 Å². The number of carbonyl (C=O) groups is 2. The number of nitrogens with zero attached hydrogens (tertiary/aromatic N) is 1. The second kappa shape index (κ2) is 7.56. The Hall–Kier alpha value is -1.84. The number of hydrogen-bond donors (Lipinski definition) is 1. The molecule has 0 aliphatic rings. The summed E-state index contributed by atoms with van der Waals surface area (Å²) in [6.45, 7) is 6.37. The van der Waals surface area contributed by atoms with E-state index in [2.05, 4.69) is 5.32 Å². The van der Waals surface area contributed by atoms with Gasteiger partial charge in [0, 0.05) is 32.5 Å². The van der Waals surface area contributed by atoms with Crippen molar-refractivity contribution in [3.63, 3.8) is 0 Å². The summed E-state index contributed by atoms with van der Waals surface area (Å²) in [4.78, 5) is 24.9. The minimum atomic E-state index is -0.0192. The molecule has 0 saturated carbocycles. The van der Waals surface area contributed by atoms with Crippen LogP contribution in [0, 0.1) is 0 Å². The lowest BCUT2D eigenvalue weighted by atomic mass is 10.2. The number of hydrogen-bond acceptors (Lipinski definition) is 2. The highest BCUT2D eigenvalue weighted by molar-refractivity contribution is 5.78. The topological polar surface area (TPSA) is 49.4 Å². The third-order valence-electron chi connectivity index (χ3n) is 2.72. The van der Waals surface area contributed by atoms with Crippen molar-refractivity contribution in [1.82, 2.24) is 10.2 Å². The highest BCUT2D eigenvalue weighted by Crippen LogP contribution is 2.05. The van der Waals surface area contributed by atoms with Gasteiger partial charge in [0.2, 0.25) is 11.8 Å². The Bertz CT molecular complexity index is 415. The van der Waals surface area contributed by atoms with E-state index in [-0.39, 0.29) is 17.9 Å². The maximum Gasteiger partial charge on any atom is 0.221 e. The van der Waals surface area contributed by atoms with E-state index < -0.39 is 0 Å². The maximum atomic E-state index is 11.6. The fourth-order valence-corrected chi connectivity index (χ4v) is 1.78. The zero-order valence-electron chi connectivity index (χ0n) is 11.8. The van der Waals surface area contributed by atoms with Gasteiger partial charge in [-0.15, -0.1) is 0 Å². The molecule has 104 valence electrons. The van der Waals surface area contributed by atoms with Crippen LogP contribution < -0.4 is 5.32 Å². The molecule has 0 aliphatic carbocycles. The zero-order valence-corrected chi connectivity index (χ0v) is 11.8. The molecule has 1 aromatic carbocycles. The van der Waals surface area contributed by atoms with Gasteiger partial charge in [0.15, 0.2) is 0 Å². The first kappa shape index (κ1) is 15.2. The van der Waals surface area contributed by atoms with E-state index in [9.17, 15) is 9.59 Å². The van der Waals surface area contributed by atoms with Crippen molar-refractivity contribution in [3.8, 4) is 0 Å². The summed E-state index contributed by atoms with van der Waals surface area (Å²) in [5.74, 6) is -0.0319. The Kier molecular flexibility index (Phi) is 6.06. The van der Waals surface area contributed by atoms with Gasteiger partial charge in [-0.25, -0.2) is 0 Å². The van der Waals surface area contributed by atoms with Crippen molar-refractivity contribution in [2.75, 3.05) is 6.54 Å². The van der Waals surface area contributed by atoms with Gasteiger partial charge in [0.25, 0.3) is 0 Å². The van der Waals surface area contributed by atoms with Crippen molar-refractivity contribution >= 4 is 11.8 Å². The molecule has 0 spiro atoms. The maximum absolute atomic E-state index is 11.6. The summed E-state index contributed by atoms with van der Waals surface area (Å²) in [5.41, 5.74) is 1.07. The van der Waals surface area contributed by atoms with Crippen LogP contribution in [-0.4, -0.2) is 29.3 Å². The van der Waals surface area contributed by atoms with Gasteiger partial charge in [0.1, 0.15) is 0 Å². The van der Waals surface area contributed by atoms with E-state index in [1.807, 2.05) is 44.2 Å². The Morgan fingerprint density at radius 3 is 2.37 bits per heavy atom. The molecule has 2 amide bonds.